The number of carbonyl (C=O) groups excluding carboxylic acids is 2. The number of fused-ring (bicyclic) bond motifs is 10. The number of benzene rings is 2. The van der Waals surface area contributed by atoms with Gasteiger partial charge < -0.3 is 30.3 Å². The Morgan fingerprint density at radius 3 is 1.36 bits per heavy atom. The summed E-state index contributed by atoms with van der Waals surface area (Å²) in [5, 5.41) is 22.5. The zero-order chi connectivity index (χ0) is 58.6. The summed E-state index contributed by atoms with van der Waals surface area (Å²) in [5.74, 6) is 8.34. The Labute approximate surface area is 514 Å². The molecular weight excluding hydrogens is 1140 g/mol. The predicted molar refractivity (Wildman–Crippen MR) is 314 cm³/mol. The molecule has 1 amide bonds. The van der Waals surface area contributed by atoms with Crippen LogP contribution in [0.25, 0.3) is 0 Å². The van der Waals surface area contributed by atoms with E-state index in [2.05, 4.69) is 60.0 Å². The fourth-order valence-corrected chi connectivity index (χ4v) is 17.7. The molecule has 2 aromatic carbocycles. The summed E-state index contributed by atoms with van der Waals surface area (Å²) in [7, 11) is 3.34. The minimum absolute atomic E-state index is 0. The van der Waals surface area contributed by atoms with Gasteiger partial charge in [-0.1, -0.05) is 44.6 Å². The topological polar surface area (TPSA) is 115 Å². The van der Waals surface area contributed by atoms with Gasteiger partial charge in [-0.05, 0) is 261 Å². The summed E-state index contributed by atoms with van der Waals surface area (Å²) in [5.41, 5.74) is -0.350. The second kappa shape index (κ2) is 30.3. The largest absolute Gasteiger partial charge is 1.00 e. The molecule has 468 valence electrons. The molecule has 2 aromatic rings. The van der Waals surface area contributed by atoms with Crippen LogP contribution in [-0.4, -0.2) is 78.3 Å². The third kappa shape index (κ3) is 18.6. The Balaban J connectivity index is 0.000000261. The van der Waals surface area contributed by atoms with Gasteiger partial charge in [0.1, 0.15) is 11.5 Å². The number of rotatable bonds is 6. The number of alkyl halides is 6. The number of nitrogens with zero attached hydrogens (tertiary/aromatic N) is 1. The van der Waals surface area contributed by atoms with Crippen LogP contribution in [0.1, 0.15) is 202 Å². The van der Waals surface area contributed by atoms with Crippen molar-refractivity contribution in [1.29, 1.82) is 0 Å². The number of halogens is 7. The number of carbonyl (C=O) groups is 2. The molecule has 1 heterocycles. The number of amides is 1. The van der Waals surface area contributed by atoms with E-state index in [1.54, 1.807) is 14.2 Å². The molecule has 17 heteroatoms. The van der Waals surface area contributed by atoms with Crippen molar-refractivity contribution in [2.24, 2.45) is 81.8 Å². The van der Waals surface area contributed by atoms with Gasteiger partial charge >= 0.3 is 31.6 Å². The first-order chi connectivity index (χ1) is 37.4. The zero-order valence-electron chi connectivity index (χ0n) is 50.0. The Kier molecular flexibility index (Phi) is 26.7. The molecule has 8 saturated carbocycles. The van der Waals surface area contributed by atoms with Crippen molar-refractivity contribution in [2.75, 3.05) is 27.4 Å². The number of Topliss-reactive ketones (excluding diaryl/α,β-unsaturated/α-hetero) is 1. The molecule has 0 aromatic heterocycles. The molecule has 0 unspecified atom stereocenters. The second-order valence-corrected chi connectivity index (χ2v) is 27.9. The molecule has 16 atom stereocenters. The Bertz CT molecular complexity index is 2310. The second-order valence-electron chi connectivity index (χ2n) is 27.0. The summed E-state index contributed by atoms with van der Waals surface area (Å²) < 4.78 is 85.4. The van der Waals surface area contributed by atoms with Crippen LogP contribution in [0.3, 0.4) is 0 Å². The van der Waals surface area contributed by atoms with Crippen molar-refractivity contribution in [1.82, 2.24) is 5.06 Å². The zero-order valence-corrected chi connectivity index (χ0v) is 51.6. The van der Waals surface area contributed by atoms with Gasteiger partial charge in [0.2, 0.25) is 5.91 Å². The van der Waals surface area contributed by atoms with Gasteiger partial charge in [0, 0.05) is 42.1 Å². The van der Waals surface area contributed by atoms with E-state index >= 15 is 0 Å². The van der Waals surface area contributed by atoms with Crippen molar-refractivity contribution in [3.8, 4) is 11.5 Å². The van der Waals surface area contributed by atoms with E-state index in [4.69, 9.17) is 9.57 Å². The molecule has 9 fully saturated rings. The fraction of sp³-hybridized carbons (Fsp3) is 0.773. The van der Waals surface area contributed by atoms with E-state index in [1.165, 1.54) is 124 Å². The van der Waals surface area contributed by atoms with Crippen LogP contribution in [0.5, 0.6) is 11.5 Å². The van der Waals surface area contributed by atoms with Crippen molar-refractivity contribution in [3.63, 3.8) is 0 Å². The van der Waals surface area contributed by atoms with Crippen LogP contribution < -0.4 is 28.3 Å². The van der Waals surface area contributed by atoms with Gasteiger partial charge in [-0.25, -0.2) is 5.06 Å². The molecule has 0 radical (unpaired) electrons. The molecule has 9 aliphatic rings. The maximum Gasteiger partial charge on any atom is 1.00 e. The van der Waals surface area contributed by atoms with Crippen LogP contribution in [0.2, 0.25) is 0 Å². The van der Waals surface area contributed by atoms with Crippen molar-refractivity contribution >= 4 is 27.6 Å². The predicted octanol–water partition coefficient (Wildman–Crippen LogP) is 14.9. The third-order valence-electron chi connectivity index (χ3n) is 20.9. The van der Waals surface area contributed by atoms with Crippen LogP contribution in [-0.2, 0) is 14.4 Å². The van der Waals surface area contributed by atoms with E-state index in [0.29, 0.717) is 45.5 Å². The van der Waals surface area contributed by atoms with Crippen LogP contribution in [0, 0.1) is 87.8 Å². The fourth-order valence-electron chi connectivity index (χ4n) is 17.5. The Morgan fingerprint density at radius 1 is 0.590 bits per heavy atom. The maximum absolute atomic E-state index is 13.5. The molecule has 0 bridgehead atoms. The molecule has 1 saturated heterocycles. The summed E-state index contributed by atoms with van der Waals surface area (Å²) >= 11 is 3.09. The minimum Gasteiger partial charge on any atom is -0.406 e. The van der Waals surface area contributed by atoms with Crippen LogP contribution in [0.15, 0.2) is 53.0 Å². The molecule has 8 aliphatic carbocycles. The molecule has 2 N–H and O–H groups in total. The summed E-state index contributed by atoms with van der Waals surface area (Å²) in [6.07, 6.45) is 13.2. The SMILES string of the molecule is C.C.C1CCOC1.CON(C)C(=O)[C@H]1CC[C@H]2[C@@H]3CC[C@@H]4C[C@](C)(O)CC[C@@H]4[C@H]3CC[C@]12C.C[C-](C)C.C[C@@]1(O)CC[C@H]2[C@H](CC[C@@H]3[C@@H]2CC[C@]2(C)[C@@H](C(=O)c4ccc(OC(F)(F)F)cc4)CC[C@@H]32)C1.FC(F)(F)Oc1ccc(Br)cc1.[Li+]. The standard InChI is InChI=1S/C27H35F3O3.C22H37NO3.C7H4BrF3O.C4H8O.C4H9.2CH4.Li/c1-25(32)13-11-19-17(15-25)5-8-21-20(19)12-14-26(2)22(21)9-10-23(26)24(31)16-3-6-18(7-4-16)33-27(28,29)30;1-21(25)11-9-15-14(13-21)5-6-17-16(15)10-12-22(2)18(17)7-8-19(22)20(24)23(3)26-4;8-5-1-3-6(4-2-5)12-7(9,10)11;1-2-4-5-3-1;1-4(2)3;;;/h3-4,6-7,17,19-23,32H,5,8-15H2,1-2H3;14-19,25H,5-13H2,1-4H3;1-4H;1-4H2;1-3H3;2*1H4;/q;;;;-1;;;+1/t17-,19+,20-,21-,22+,23-,25-,26+;14-,15+,16-,17-,18+,19-,21-,22+;;;;;;/m11....../s1. The maximum atomic E-state index is 13.5. The Hall–Kier alpha value is -2.32. The van der Waals surface area contributed by atoms with Gasteiger partial charge in [0.25, 0.3) is 0 Å². The van der Waals surface area contributed by atoms with Gasteiger partial charge in [0.05, 0.1) is 18.3 Å². The van der Waals surface area contributed by atoms with Gasteiger partial charge in [-0.3, -0.25) is 14.4 Å². The van der Waals surface area contributed by atoms with E-state index in [9.17, 15) is 46.1 Å². The number of ether oxygens (including phenoxy) is 3. The number of hydrogen-bond donors (Lipinski definition) is 2. The number of hydroxylamine groups is 2. The van der Waals surface area contributed by atoms with Crippen LogP contribution in [0.4, 0.5) is 26.3 Å². The summed E-state index contributed by atoms with van der Waals surface area (Å²) in [4.78, 5) is 31.5. The average molecular weight is 1240 g/mol. The molecule has 83 heavy (non-hydrogen) atoms. The van der Waals surface area contributed by atoms with Gasteiger partial charge in [-0.2, -0.15) is 20.8 Å². The van der Waals surface area contributed by atoms with E-state index < -0.39 is 23.9 Å². The molecule has 11 rings (SSSR count). The first-order valence-electron chi connectivity index (χ1n) is 30.0. The average Bonchev–Trinajstić information content (AvgIpc) is 4.28. The summed E-state index contributed by atoms with van der Waals surface area (Å²) in [6, 6.07) is 10.9. The van der Waals surface area contributed by atoms with Crippen molar-refractivity contribution in [2.45, 2.75) is 216 Å². The number of ketones is 1. The van der Waals surface area contributed by atoms with Crippen molar-refractivity contribution in [3.05, 3.63) is 64.5 Å². The van der Waals surface area contributed by atoms with Crippen molar-refractivity contribution < 1.29 is 84.1 Å². The van der Waals surface area contributed by atoms with Gasteiger partial charge in [0.15, 0.2) is 5.78 Å². The normalized spacial score (nSPS) is 36.3. The molecular formula is C66H101BrF6LiNO8. The van der Waals surface area contributed by atoms with E-state index in [-0.39, 0.29) is 79.6 Å². The third-order valence-corrected chi connectivity index (χ3v) is 21.4. The minimum atomic E-state index is -4.73. The molecule has 0 spiro atoms. The first kappa shape index (κ1) is 73.1. The number of aliphatic hydroxyl groups is 2. The summed E-state index contributed by atoms with van der Waals surface area (Å²) in [6.45, 7) is 17.0. The Morgan fingerprint density at radius 2 is 0.976 bits per heavy atom. The smallest absolute Gasteiger partial charge is 0.406 e. The number of hydrogen-bond acceptors (Lipinski definition) is 8. The van der Waals surface area contributed by atoms with Gasteiger partial charge in [-0.15, -0.1) is 26.3 Å². The quantitative estimate of drug-likeness (QED) is 0.0966. The monoisotopic (exact) mass is 1240 g/mol. The first-order valence-corrected chi connectivity index (χ1v) is 30.8. The van der Waals surface area contributed by atoms with E-state index in [1.807, 2.05) is 13.8 Å². The molecule has 9 nitrogen and oxygen atoms in total. The van der Waals surface area contributed by atoms with E-state index in [0.717, 1.165) is 101 Å². The van der Waals surface area contributed by atoms with Crippen LogP contribution >= 0.6 is 15.9 Å². The molecule has 1 aliphatic heterocycles.